The Balaban J connectivity index is 0.00000361. The van der Waals surface area contributed by atoms with E-state index < -0.39 is 0 Å². The quantitative estimate of drug-likeness (QED) is 0.101. The van der Waals surface area contributed by atoms with Crippen molar-refractivity contribution in [2.45, 2.75) is 19.3 Å². The minimum atomic E-state index is -0.294. The normalized spacial score (nSPS) is 13.3. The molecular formula is C47H31N5OPd. The van der Waals surface area contributed by atoms with Gasteiger partial charge in [0.1, 0.15) is 5.65 Å². The van der Waals surface area contributed by atoms with E-state index in [0.717, 1.165) is 55.2 Å². The second kappa shape index (κ2) is 12.1. The molecule has 0 bridgehead atoms. The zero-order chi connectivity index (χ0) is 35.3. The van der Waals surface area contributed by atoms with Crippen molar-refractivity contribution in [3.63, 3.8) is 0 Å². The van der Waals surface area contributed by atoms with E-state index in [9.17, 15) is 0 Å². The van der Waals surface area contributed by atoms with Gasteiger partial charge in [-0.15, -0.1) is 30.3 Å². The minimum Gasteiger partial charge on any atom is -0.503 e. The Hall–Kier alpha value is -6.26. The van der Waals surface area contributed by atoms with Gasteiger partial charge < -0.3 is 18.6 Å². The number of hydrogen-bond donors (Lipinski definition) is 0. The average molecular weight is 788 g/mol. The molecule has 4 aromatic heterocycles. The van der Waals surface area contributed by atoms with Crippen LogP contribution in [0.4, 0.5) is 17.1 Å². The first kappa shape index (κ1) is 32.4. The fourth-order valence-corrected chi connectivity index (χ4v) is 8.58. The van der Waals surface area contributed by atoms with Gasteiger partial charge >= 0.3 is 20.4 Å². The maximum absolute atomic E-state index is 6.52. The van der Waals surface area contributed by atoms with Gasteiger partial charge in [0.15, 0.2) is 0 Å². The fraction of sp³-hybridized carbons (Fsp3) is 0.0638. The molecule has 0 saturated heterocycles. The summed E-state index contributed by atoms with van der Waals surface area (Å²) in [6, 6.07) is 53.7. The van der Waals surface area contributed by atoms with Crippen molar-refractivity contribution in [2.75, 3.05) is 4.90 Å². The summed E-state index contributed by atoms with van der Waals surface area (Å²) in [5.41, 5.74) is 10.5. The number of aromatic nitrogens is 4. The number of fused-ring (bicyclic) bond motifs is 12. The van der Waals surface area contributed by atoms with E-state index >= 15 is 0 Å². The van der Waals surface area contributed by atoms with Gasteiger partial charge in [-0.25, -0.2) is 4.98 Å². The molecule has 11 rings (SSSR count). The Morgan fingerprint density at radius 2 is 1.37 bits per heavy atom. The van der Waals surface area contributed by atoms with Crippen LogP contribution in [-0.4, -0.2) is 18.9 Å². The van der Waals surface area contributed by atoms with Crippen LogP contribution in [0.15, 0.2) is 152 Å². The molecule has 6 aromatic carbocycles. The first-order chi connectivity index (χ1) is 26.1. The number of pyridine rings is 2. The third-order valence-corrected chi connectivity index (χ3v) is 10.8. The maximum atomic E-state index is 6.52. The number of anilines is 3. The molecule has 7 heteroatoms. The standard InChI is InChI=1S/C47H31N5O.Pd/c1-47(2)38-18-7-9-20-40(38)51(30-12-4-3-5-13-30)42-24-23-41-43(44(42)47)36-17-11-25-48-46(36)52(41)31-14-10-15-32(28-31)53-33-21-22-34-35-16-6-8-19-39(35)50-27-26-49-45(50)37(34)29-33;/h3-27H,1-2H3;/q-2;+2. The van der Waals surface area contributed by atoms with Gasteiger partial charge in [-0.05, 0) is 65.0 Å². The predicted octanol–water partition coefficient (Wildman–Crippen LogP) is 11.6. The van der Waals surface area contributed by atoms with Crippen LogP contribution in [-0.2, 0) is 25.8 Å². The molecule has 1 aliphatic rings. The summed E-state index contributed by atoms with van der Waals surface area (Å²) < 4.78 is 10.8. The van der Waals surface area contributed by atoms with Gasteiger partial charge in [0.25, 0.3) is 0 Å². The van der Waals surface area contributed by atoms with E-state index in [0.29, 0.717) is 11.5 Å². The number of rotatable bonds is 4. The minimum absolute atomic E-state index is 0. The number of benzene rings is 6. The fourth-order valence-electron chi connectivity index (χ4n) is 8.58. The predicted molar refractivity (Wildman–Crippen MR) is 213 cm³/mol. The Bertz CT molecular complexity index is 3090. The van der Waals surface area contributed by atoms with E-state index in [4.69, 9.17) is 9.72 Å². The summed E-state index contributed by atoms with van der Waals surface area (Å²) in [4.78, 5) is 12.1. The molecule has 0 amide bonds. The molecule has 0 N–H and O–H groups in total. The summed E-state index contributed by atoms with van der Waals surface area (Å²) in [5, 5.41) is 5.42. The van der Waals surface area contributed by atoms with Crippen molar-refractivity contribution in [3.05, 3.63) is 175 Å². The van der Waals surface area contributed by atoms with Crippen molar-refractivity contribution in [2.24, 2.45) is 0 Å². The smallest absolute Gasteiger partial charge is 0.503 e. The van der Waals surface area contributed by atoms with Crippen LogP contribution in [0.1, 0.15) is 25.0 Å². The number of imidazole rings is 1. The van der Waals surface area contributed by atoms with E-state index in [1.165, 1.54) is 27.9 Å². The van der Waals surface area contributed by atoms with Crippen LogP contribution in [0, 0.1) is 12.1 Å². The zero-order valence-corrected chi connectivity index (χ0v) is 30.9. The number of ether oxygens (including phenoxy) is 1. The third-order valence-electron chi connectivity index (χ3n) is 10.8. The third kappa shape index (κ3) is 4.62. The van der Waals surface area contributed by atoms with Crippen LogP contribution in [0.5, 0.6) is 11.5 Å². The van der Waals surface area contributed by atoms with Crippen molar-refractivity contribution in [1.82, 2.24) is 18.9 Å². The van der Waals surface area contributed by atoms with Crippen molar-refractivity contribution >= 4 is 66.3 Å². The van der Waals surface area contributed by atoms with Gasteiger partial charge in [-0.1, -0.05) is 91.0 Å². The molecule has 0 unspecified atom stereocenters. The summed E-state index contributed by atoms with van der Waals surface area (Å²) in [5.74, 6) is 1.19. The summed E-state index contributed by atoms with van der Waals surface area (Å²) in [6.45, 7) is 4.68. The van der Waals surface area contributed by atoms with Crippen molar-refractivity contribution in [3.8, 4) is 17.2 Å². The number of hydrogen-bond acceptors (Lipinski definition) is 4. The Kier molecular flexibility index (Phi) is 7.29. The summed E-state index contributed by atoms with van der Waals surface area (Å²) >= 11 is 0. The van der Waals surface area contributed by atoms with Gasteiger partial charge in [0.2, 0.25) is 0 Å². The molecule has 0 spiro atoms. The van der Waals surface area contributed by atoms with Crippen molar-refractivity contribution < 1.29 is 25.2 Å². The van der Waals surface area contributed by atoms with Crippen LogP contribution < -0.4 is 9.64 Å². The summed E-state index contributed by atoms with van der Waals surface area (Å²) in [7, 11) is 0. The van der Waals surface area contributed by atoms with Gasteiger partial charge in [0, 0.05) is 57.5 Å². The molecule has 0 aliphatic carbocycles. The second-order valence-electron chi connectivity index (χ2n) is 14.1. The topological polar surface area (TPSA) is 47.6 Å². The average Bonchev–Trinajstić information content (AvgIpc) is 3.83. The molecule has 54 heavy (non-hydrogen) atoms. The Morgan fingerprint density at radius 1 is 0.593 bits per heavy atom. The molecule has 0 fully saturated rings. The van der Waals surface area contributed by atoms with E-state index in [1.807, 2.05) is 42.9 Å². The van der Waals surface area contributed by atoms with E-state index in [2.05, 4.69) is 154 Å². The largest absolute Gasteiger partial charge is 2.00 e. The van der Waals surface area contributed by atoms with E-state index in [1.54, 1.807) is 0 Å². The monoisotopic (exact) mass is 787 g/mol. The van der Waals surface area contributed by atoms with Gasteiger partial charge in [-0.3, -0.25) is 4.98 Å². The Labute approximate surface area is 325 Å². The van der Waals surface area contributed by atoms with Crippen LogP contribution in [0.2, 0.25) is 0 Å². The molecule has 5 heterocycles. The maximum Gasteiger partial charge on any atom is 2.00 e. The zero-order valence-electron chi connectivity index (χ0n) is 29.4. The molecule has 0 radical (unpaired) electrons. The molecule has 10 aromatic rings. The van der Waals surface area contributed by atoms with Gasteiger partial charge in [0.05, 0.1) is 22.5 Å². The van der Waals surface area contributed by atoms with Crippen molar-refractivity contribution in [1.29, 1.82) is 0 Å². The van der Waals surface area contributed by atoms with Crippen LogP contribution in [0.25, 0.3) is 54.9 Å². The van der Waals surface area contributed by atoms with Crippen LogP contribution >= 0.6 is 0 Å². The molecule has 0 atom stereocenters. The Morgan fingerprint density at radius 3 is 2.28 bits per heavy atom. The van der Waals surface area contributed by atoms with Gasteiger partial charge in [-0.2, -0.15) is 6.07 Å². The molecular weight excluding hydrogens is 757 g/mol. The SMILES string of the molecule is CC1(C)c2ccccc2N(c2ccccc2)c2ccc3c(c21)c1cccnc1n3-c1[c-]c(Oc2[c-]c3c(cc2)c2ccccc2n2ccnc32)ccc1.[Pd+2]. The number of nitrogens with zero attached hydrogens (tertiary/aromatic N) is 5. The molecule has 260 valence electrons. The molecule has 0 saturated carbocycles. The molecule has 1 aliphatic heterocycles. The first-order valence-electron chi connectivity index (χ1n) is 17.8. The van der Waals surface area contributed by atoms with Crippen LogP contribution in [0.3, 0.4) is 0 Å². The second-order valence-corrected chi connectivity index (χ2v) is 14.1. The first-order valence-corrected chi connectivity index (χ1v) is 17.8. The van der Waals surface area contributed by atoms with E-state index in [-0.39, 0.29) is 25.8 Å². The summed E-state index contributed by atoms with van der Waals surface area (Å²) in [6.07, 6.45) is 5.69. The number of para-hydroxylation sites is 3. The molecule has 6 nitrogen and oxygen atoms in total.